The molecule has 1 saturated heterocycles. The normalized spacial score (nSPS) is 14.7. The summed E-state index contributed by atoms with van der Waals surface area (Å²) in [5, 5.41) is 0. The molecule has 0 aromatic heterocycles. The van der Waals surface area contributed by atoms with E-state index in [0.717, 1.165) is 31.7 Å². The maximum atomic E-state index is 12.8. The van der Waals surface area contributed by atoms with Crippen LogP contribution in [-0.4, -0.2) is 54.3 Å². The minimum absolute atomic E-state index is 0.00845. The van der Waals surface area contributed by atoms with Gasteiger partial charge in [-0.05, 0) is 29.7 Å². The van der Waals surface area contributed by atoms with Crippen molar-refractivity contribution in [1.82, 2.24) is 9.80 Å². The summed E-state index contributed by atoms with van der Waals surface area (Å²) in [7, 11) is 0. The third kappa shape index (κ3) is 5.20. The van der Waals surface area contributed by atoms with Gasteiger partial charge in [0.2, 0.25) is 11.8 Å². The van der Waals surface area contributed by atoms with Gasteiger partial charge in [0.1, 0.15) is 6.54 Å². The summed E-state index contributed by atoms with van der Waals surface area (Å²) >= 11 is 0. The van der Waals surface area contributed by atoms with E-state index in [9.17, 15) is 9.59 Å². The van der Waals surface area contributed by atoms with E-state index in [-0.39, 0.29) is 18.4 Å². The van der Waals surface area contributed by atoms with Crippen LogP contribution in [0.2, 0.25) is 0 Å². The highest BCUT2D eigenvalue weighted by Crippen LogP contribution is 2.17. The molecule has 5 nitrogen and oxygen atoms in total. The fourth-order valence-electron chi connectivity index (χ4n) is 3.53. The molecule has 0 aliphatic carbocycles. The van der Waals surface area contributed by atoms with Crippen molar-refractivity contribution in [3.63, 3.8) is 0 Å². The Kier molecular flexibility index (Phi) is 6.82. The quantitative estimate of drug-likeness (QED) is 0.775. The highest BCUT2D eigenvalue weighted by molar-refractivity contribution is 5.97. The lowest BCUT2D eigenvalue weighted by Gasteiger charge is -2.35. The zero-order valence-electron chi connectivity index (χ0n) is 16.8. The Hall–Kier alpha value is -2.66. The molecule has 1 heterocycles. The average Bonchev–Trinajstić information content (AvgIpc) is 2.73. The molecule has 5 heteroatoms. The van der Waals surface area contributed by atoms with Crippen LogP contribution in [0.4, 0.5) is 5.69 Å². The lowest BCUT2D eigenvalue weighted by molar-refractivity contribution is -0.132. The zero-order chi connectivity index (χ0) is 19.9. The molecule has 2 aromatic rings. The number of hydrogen-bond acceptors (Lipinski definition) is 3. The van der Waals surface area contributed by atoms with Crippen molar-refractivity contribution in [2.75, 3.05) is 37.6 Å². The molecule has 2 amide bonds. The van der Waals surface area contributed by atoms with Crippen LogP contribution < -0.4 is 4.90 Å². The van der Waals surface area contributed by atoms with Crippen molar-refractivity contribution < 1.29 is 9.59 Å². The van der Waals surface area contributed by atoms with Crippen molar-refractivity contribution in [3.8, 4) is 0 Å². The van der Waals surface area contributed by atoms with Crippen molar-refractivity contribution in [3.05, 3.63) is 65.7 Å². The Morgan fingerprint density at radius 3 is 2.11 bits per heavy atom. The van der Waals surface area contributed by atoms with Gasteiger partial charge in [-0.1, -0.05) is 49.4 Å². The van der Waals surface area contributed by atoms with Crippen LogP contribution >= 0.6 is 0 Å². The lowest BCUT2D eigenvalue weighted by Crippen LogP contribution is -2.51. The molecular weight excluding hydrogens is 350 g/mol. The van der Waals surface area contributed by atoms with Gasteiger partial charge in [0.05, 0.1) is 0 Å². The third-order valence-electron chi connectivity index (χ3n) is 5.30. The van der Waals surface area contributed by atoms with E-state index in [4.69, 9.17) is 0 Å². The average molecular weight is 380 g/mol. The molecule has 0 unspecified atom stereocenters. The van der Waals surface area contributed by atoms with E-state index in [1.165, 1.54) is 18.1 Å². The van der Waals surface area contributed by atoms with Crippen LogP contribution in [0.3, 0.4) is 0 Å². The topological polar surface area (TPSA) is 43.9 Å². The number of aryl methyl sites for hydroxylation is 1. The number of carbonyl (C=O) groups is 2. The van der Waals surface area contributed by atoms with Crippen LogP contribution in [0.1, 0.15) is 25.0 Å². The Labute approximate surface area is 167 Å². The van der Waals surface area contributed by atoms with Gasteiger partial charge >= 0.3 is 0 Å². The van der Waals surface area contributed by atoms with Crippen LogP contribution in [0, 0.1) is 0 Å². The summed E-state index contributed by atoms with van der Waals surface area (Å²) in [5.41, 5.74) is 3.29. The third-order valence-corrected chi connectivity index (χ3v) is 5.30. The highest BCUT2D eigenvalue weighted by Gasteiger charge is 2.24. The molecule has 28 heavy (non-hydrogen) atoms. The summed E-state index contributed by atoms with van der Waals surface area (Å²) in [6.45, 7) is 7.72. The predicted octanol–water partition coefficient (Wildman–Crippen LogP) is 2.95. The number of amides is 2. The largest absolute Gasteiger partial charge is 0.339 e. The van der Waals surface area contributed by atoms with E-state index in [1.807, 2.05) is 35.2 Å². The van der Waals surface area contributed by atoms with Crippen molar-refractivity contribution >= 4 is 17.5 Å². The maximum Gasteiger partial charge on any atom is 0.242 e. The van der Waals surface area contributed by atoms with Gasteiger partial charge in [0.25, 0.3) is 0 Å². The first kappa shape index (κ1) is 20.1. The monoisotopic (exact) mass is 379 g/mol. The molecule has 0 bridgehead atoms. The number of benzene rings is 2. The van der Waals surface area contributed by atoms with Gasteiger partial charge in [-0.15, -0.1) is 0 Å². The van der Waals surface area contributed by atoms with Gasteiger partial charge in [-0.2, -0.15) is 0 Å². The Bertz CT molecular complexity index is 781. The second kappa shape index (κ2) is 9.51. The molecule has 0 N–H and O–H groups in total. The van der Waals surface area contributed by atoms with Gasteiger partial charge in [0, 0.05) is 45.3 Å². The standard InChI is InChI=1S/C23H29N3O2/c1-3-20-9-11-22(12-10-20)26(19(2)27)18-23(28)25-15-13-24(14-16-25)17-21-7-5-4-6-8-21/h4-12H,3,13-18H2,1-2H3. The molecule has 0 radical (unpaired) electrons. The highest BCUT2D eigenvalue weighted by atomic mass is 16.2. The smallest absolute Gasteiger partial charge is 0.242 e. The second-order valence-corrected chi connectivity index (χ2v) is 7.27. The van der Waals surface area contributed by atoms with Gasteiger partial charge < -0.3 is 9.80 Å². The van der Waals surface area contributed by atoms with Gasteiger partial charge in [-0.25, -0.2) is 0 Å². The number of piperazine rings is 1. The van der Waals surface area contributed by atoms with Crippen LogP contribution in [0.25, 0.3) is 0 Å². The molecule has 1 aliphatic heterocycles. The maximum absolute atomic E-state index is 12.8. The molecule has 1 fully saturated rings. The fourth-order valence-corrected chi connectivity index (χ4v) is 3.53. The fraction of sp³-hybridized carbons (Fsp3) is 0.391. The molecule has 0 atom stereocenters. The van der Waals surface area contributed by atoms with E-state index in [0.29, 0.717) is 13.1 Å². The van der Waals surface area contributed by atoms with E-state index in [1.54, 1.807) is 4.90 Å². The molecule has 1 aliphatic rings. The number of rotatable bonds is 6. The SMILES string of the molecule is CCc1ccc(N(CC(=O)N2CCN(Cc3ccccc3)CC2)C(C)=O)cc1. The number of anilines is 1. The number of nitrogens with zero attached hydrogens (tertiary/aromatic N) is 3. The summed E-state index contributed by atoms with van der Waals surface area (Å²) in [4.78, 5) is 30.7. The second-order valence-electron chi connectivity index (χ2n) is 7.27. The molecule has 148 valence electrons. The Balaban J connectivity index is 1.55. The molecular formula is C23H29N3O2. The Morgan fingerprint density at radius 2 is 1.54 bits per heavy atom. The van der Waals surface area contributed by atoms with Crippen molar-refractivity contribution in [1.29, 1.82) is 0 Å². The molecule has 3 rings (SSSR count). The minimum Gasteiger partial charge on any atom is -0.339 e. The summed E-state index contributed by atoms with van der Waals surface area (Å²) < 4.78 is 0. The van der Waals surface area contributed by atoms with Crippen LogP contribution in [0.15, 0.2) is 54.6 Å². The first-order valence-corrected chi connectivity index (χ1v) is 9.98. The van der Waals surface area contributed by atoms with Crippen LogP contribution in [-0.2, 0) is 22.6 Å². The van der Waals surface area contributed by atoms with Crippen molar-refractivity contribution in [2.45, 2.75) is 26.8 Å². The predicted molar refractivity (Wildman–Crippen MR) is 112 cm³/mol. The molecule has 0 spiro atoms. The van der Waals surface area contributed by atoms with Crippen LogP contribution in [0.5, 0.6) is 0 Å². The Morgan fingerprint density at radius 1 is 0.893 bits per heavy atom. The van der Waals surface area contributed by atoms with Gasteiger partial charge in [0.15, 0.2) is 0 Å². The molecule has 2 aromatic carbocycles. The van der Waals surface area contributed by atoms with E-state index < -0.39 is 0 Å². The van der Waals surface area contributed by atoms with E-state index >= 15 is 0 Å². The first-order chi connectivity index (χ1) is 13.6. The first-order valence-electron chi connectivity index (χ1n) is 9.98. The number of carbonyl (C=O) groups excluding carboxylic acids is 2. The number of hydrogen-bond donors (Lipinski definition) is 0. The summed E-state index contributed by atoms with van der Waals surface area (Å²) in [6.07, 6.45) is 0.951. The summed E-state index contributed by atoms with van der Waals surface area (Å²) in [6, 6.07) is 18.3. The van der Waals surface area contributed by atoms with E-state index in [2.05, 4.69) is 36.1 Å². The summed E-state index contributed by atoms with van der Waals surface area (Å²) in [5.74, 6) is -0.102. The lowest BCUT2D eigenvalue weighted by atomic mass is 10.1. The zero-order valence-corrected chi connectivity index (χ0v) is 16.8. The molecule has 0 saturated carbocycles. The van der Waals surface area contributed by atoms with Gasteiger partial charge in [-0.3, -0.25) is 14.5 Å². The van der Waals surface area contributed by atoms with Crippen molar-refractivity contribution in [2.24, 2.45) is 0 Å². The minimum atomic E-state index is -0.111.